The highest BCUT2D eigenvalue weighted by Gasteiger charge is 2.14. The molecule has 3 N–H and O–H groups in total. The number of carbonyl (C=O) groups excluding carboxylic acids is 2. The summed E-state index contributed by atoms with van der Waals surface area (Å²) in [4.78, 5) is 26.9. The van der Waals surface area contributed by atoms with Crippen LogP contribution in [0.25, 0.3) is 0 Å². The Balaban J connectivity index is 2.27. The fourth-order valence-electron chi connectivity index (χ4n) is 1.53. The summed E-state index contributed by atoms with van der Waals surface area (Å²) in [5.41, 5.74) is 5.18. The standard InChI is InChI=1S/C13H9BrFN3O2/c14-9-2-1-5-17-11(9)13(20)18-7-3-4-10(15)8(6-7)12(16)19/h1-6H,(H2,16,19)(H,18,20). The molecule has 20 heavy (non-hydrogen) atoms. The maximum atomic E-state index is 13.3. The minimum absolute atomic E-state index is 0.178. The number of nitrogens with two attached hydrogens (primary N) is 1. The lowest BCUT2D eigenvalue weighted by Gasteiger charge is -2.07. The molecule has 102 valence electrons. The molecular formula is C13H9BrFN3O2. The SMILES string of the molecule is NC(=O)c1cc(NC(=O)c2ncccc2Br)ccc1F. The summed E-state index contributed by atoms with van der Waals surface area (Å²) in [5, 5.41) is 2.52. The Morgan fingerprint density at radius 3 is 2.70 bits per heavy atom. The minimum atomic E-state index is -0.905. The number of benzene rings is 1. The second-order valence-electron chi connectivity index (χ2n) is 3.85. The van der Waals surface area contributed by atoms with Crippen molar-refractivity contribution in [1.29, 1.82) is 0 Å². The molecule has 0 fully saturated rings. The zero-order chi connectivity index (χ0) is 14.7. The van der Waals surface area contributed by atoms with Crippen LogP contribution in [0, 0.1) is 5.82 Å². The average molecular weight is 338 g/mol. The molecular weight excluding hydrogens is 329 g/mol. The monoisotopic (exact) mass is 337 g/mol. The van der Waals surface area contributed by atoms with Crippen molar-refractivity contribution in [1.82, 2.24) is 4.98 Å². The van der Waals surface area contributed by atoms with Crippen LogP contribution in [0.1, 0.15) is 20.8 Å². The predicted molar refractivity (Wildman–Crippen MR) is 74.8 cm³/mol. The molecule has 1 aromatic heterocycles. The maximum Gasteiger partial charge on any atom is 0.275 e. The number of aromatic nitrogens is 1. The number of pyridine rings is 1. The lowest BCUT2D eigenvalue weighted by molar-refractivity contribution is 0.0992. The van der Waals surface area contributed by atoms with Crippen molar-refractivity contribution >= 4 is 33.4 Å². The van der Waals surface area contributed by atoms with E-state index < -0.39 is 17.6 Å². The summed E-state index contributed by atoms with van der Waals surface area (Å²) in [7, 11) is 0. The number of nitrogens with one attached hydrogen (secondary N) is 1. The van der Waals surface area contributed by atoms with Crippen LogP contribution in [0.4, 0.5) is 10.1 Å². The third-order valence-electron chi connectivity index (χ3n) is 2.46. The van der Waals surface area contributed by atoms with Crippen molar-refractivity contribution < 1.29 is 14.0 Å². The van der Waals surface area contributed by atoms with Crippen molar-refractivity contribution in [3.63, 3.8) is 0 Å². The van der Waals surface area contributed by atoms with Crippen LogP contribution >= 0.6 is 15.9 Å². The van der Waals surface area contributed by atoms with Crippen molar-refractivity contribution in [2.24, 2.45) is 5.73 Å². The first kappa shape index (κ1) is 14.1. The maximum absolute atomic E-state index is 13.3. The van der Waals surface area contributed by atoms with Gasteiger partial charge >= 0.3 is 0 Å². The molecule has 5 nitrogen and oxygen atoms in total. The Bertz CT molecular complexity index is 691. The topological polar surface area (TPSA) is 85.1 Å². The molecule has 0 aliphatic heterocycles. The summed E-state index contributed by atoms with van der Waals surface area (Å²) >= 11 is 3.20. The number of rotatable bonds is 3. The number of halogens is 2. The quantitative estimate of drug-likeness (QED) is 0.901. The van der Waals surface area contributed by atoms with Gasteiger partial charge in [-0.1, -0.05) is 0 Å². The first-order chi connectivity index (χ1) is 9.49. The largest absolute Gasteiger partial charge is 0.366 e. The molecule has 0 saturated heterocycles. The van der Waals surface area contributed by atoms with E-state index >= 15 is 0 Å². The summed E-state index contributed by atoms with van der Waals surface area (Å²) in [5.74, 6) is -2.13. The van der Waals surface area contributed by atoms with Gasteiger partial charge in [0.25, 0.3) is 11.8 Å². The number of carbonyl (C=O) groups is 2. The number of primary amides is 1. The van der Waals surface area contributed by atoms with E-state index in [-0.39, 0.29) is 16.9 Å². The molecule has 0 unspecified atom stereocenters. The van der Waals surface area contributed by atoms with Crippen LogP contribution in [0.2, 0.25) is 0 Å². The first-order valence-corrected chi connectivity index (χ1v) is 6.29. The molecule has 0 saturated carbocycles. The van der Waals surface area contributed by atoms with Crippen LogP contribution in [-0.4, -0.2) is 16.8 Å². The Morgan fingerprint density at radius 1 is 1.30 bits per heavy atom. The van der Waals surface area contributed by atoms with Gasteiger partial charge in [0.05, 0.1) is 5.56 Å². The summed E-state index contributed by atoms with van der Waals surface area (Å²) in [6.07, 6.45) is 1.47. The van der Waals surface area contributed by atoms with Gasteiger partial charge in [0.2, 0.25) is 0 Å². The van der Waals surface area contributed by atoms with Gasteiger partial charge in [-0.15, -0.1) is 0 Å². The Morgan fingerprint density at radius 2 is 2.05 bits per heavy atom. The van der Waals surface area contributed by atoms with E-state index in [0.717, 1.165) is 6.07 Å². The third kappa shape index (κ3) is 3.00. The molecule has 2 aromatic rings. The molecule has 0 bridgehead atoms. The summed E-state index contributed by atoms with van der Waals surface area (Å²) in [6.45, 7) is 0. The van der Waals surface area contributed by atoms with Crippen molar-refractivity contribution in [3.05, 3.63) is 58.1 Å². The van der Waals surface area contributed by atoms with Gasteiger partial charge in [0, 0.05) is 16.4 Å². The zero-order valence-electron chi connectivity index (χ0n) is 10.1. The average Bonchev–Trinajstić information content (AvgIpc) is 2.41. The Labute approximate surface area is 122 Å². The normalized spacial score (nSPS) is 10.1. The molecule has 2 rings (SSSR count). The fraction of sp³-hybridized carbons (Fsp3) is 0. The number of hydrogen-bond donors (Lipinski definition) is 2. The highest BCUT2D eigenvalue weighted by atomic mass is 79.9. The Kier molecular flexibility index (Phi) is 4.09. The zero-order valence-corrected chi connectivity index (χ0v) is 11.6. The van der Waals surface area contributed by atoms with E-state index in [4.69, 9.17) is 5.73 Å². The van der Waals surface area contributed by atoms with Crippen LogP contribution in [0.15, 0.2) is 41.0 Å². The van der Waals surface area contributed by atoms with Gasteiger partial charge in [-0.05, 0) is 46.3 Å². The van der Waals surface area contributed by atoms with Crippen LogP contribution in [0.5, 0.6) is 0 Å². The molecule has 2 amide bonds. The lowest BCUT2D eigenvalue weighted by Crippen LogP contribution is -2.17. The van der Waals surface area contributed by atoms with E-state index in [0.29, 0.717) is 4.47 Å². The number of anilines is 1. The highest BCUT2D eigenvalue weighted by Crippen LogP contribution is 2.18. The third-order valence-corrected chi connectivity index (χ3v) is 3.10. The van der Waals surface area contributed by atoms with E-state index in [1.165, 1.54) is 18.3 Å². The number of nitrogens with zero attached hydrogens (tertiary/aromatic N) is 1. The first-order valence-electron chi connectivity index (χ1n) is 5.50. The molecule has 0 radical (unpaired) electrons. The van der Waals surface area contributed by atoms with Crippen molar-refractivity contribution in [2.45, 2.75) is 0 Å². The smallest absolute Gasteiger partial charge is 0.275 e. The van der Waals surface area contributed by atoms with Gasteiger partial charge in [-0.3, -0.25) is 9.59 Å². The van der Waals surface area contributed by atoms with Crippen LogP contribution < -0.4 is 11.1 Å². The molecule has 0 aliphatic rings. The van der Waals surface area contributed by atoms with Gasteiger partial charge < -0.3 is 11.1 Å². The summed E-state index contributed by atoms with van der Waals surface area (Å²) in [6, 6.07) is 6.90. The van der Waals surface area contributed by atoms with E-state index in [1.54, 1.807) is 12.1 Å². The lowest BCUT2D eigenvalue weighted by atomic mass is 10.1. The predicted octanol–water partition coefficient (Wildman–Crippen LogP) is 2.33. The number of hydrogen-bond acceptors (Lipinski definition) is 3. The molecule has 0 atom stereocenters. The fourth-order valence-corrected chi connectivity index (χ4v) is 1.97. The molecule has 0 aliphatic carbocycles. The minimum Gasteiger partial charge on any atom is -0.366 e. The van der Waals surface area contributed by atoms with Crippen LogP contribution in [-0.2, 0) is 0 Å². The molecule has 1 heterocycles. The van der Waals surface area contributed by atoms with Gasteiger partial charge in [-0.2, -0.15) is 0 Å². The highest BCUT2D eigenvalue weighted by molar-refractivity contribution is 9.10. The second kappa shape index (κ2) is 5.79. The van der Waals surface area contributed by atoms with Crippen molar-refractivity contribution in [2.75, 3.05) is 5.32 Å². The van der Waals surface area contributed by atoms with Crippen molar-refractivity contribution in [3.8, 4) is 0 Å². The van der Waals surface area contributed by atoms with Gasteiger partial charge in [-0.25, -0.2) is 9.37 Å². The summed E-state index contributed by atoms with van der Waals surface area (Å²) < 4.78 is 13.8. The second-order valence-corrected chi connectivity index (χ2v) is 4.70. The molecule has 0 spiro atoms. The number of amides is 2. The Hall–Kier alpha value is -2.28. The molecule has 7 heteroatoms. The van der Waals surface area contributed by atoms with Gasteiger partial charge in [0.1, 0.15) is 11.5 Å². The van der Waals surface area contributed by atoms with Gasteiger partial charge in [0.15, 0.2) is 0 Å². The molecule has 1 aromatic carbocycles. The van der Waals surface area contributed by atoms with E-state index in [1.807, 2.05) is 0 Å². The van der Waals surface area contributed by atoms with E-state index in [2.05, 4.69) is 26.2 Å². The van der Waals surface area contributed by atoms with Crippen LogP contribution in [0.3, 0.4) is 0 Å². The van der Waals surface area contributed by atoms with E-state index in [9.17, 15) is 14.0 Å².